The van der Waals surface area contributed by atoms with E-state index in [1.54, 1.807) is 25.3 Å². The second-order valence-corrected chi connectivity index (χ2v) is 9.17. The fourth-order valence-electron chi connectivity index (χ4n) is 4.79. The Morgan fingerprint density at radius 2 is 1.59 bits per heavy atom. The zero-order valence-corrected chi connectivity index (χ0v) is 20.3. The maximum Gasteiger partial charge on any atom is 0.335 e. The summed E-state index contributed by atoms with van der Waals surface area (Å²) in [6.45, 7) is 1.27. The molecule has 0 fully saturated rings. The van der Waals surface area contributed by atoms with E-state index < -0.39 is 5.97 Å². The largest absolute Gasteiger partial charge is 0.497 e. The molecule has 0 bridgehead atoms. The Morgan fingerprint density at radius 1 is 0.838 bits per heavy atom. The van der Waals surface area contributed by atoms with Crippen molar-refractivity contribution in [2.75, 3.05) is 7.11 Å². The van der Waals surface area contributed by atoms with Gasteiger partial charge in [-0.1, -0.05) is 48.5 Å². The molecule has 182 valence electrons. The molecule has 6 heteroatoms. The van der Waals surface area contributed by atoms with Gasteiger partial charge in [-0.05, 0) is 70.1 Å². The quantitative estimate of drug-likeness (QED) is 0.281. The van der Waals surface area contributed by atoms with Crippen molar-refractivity contribution in [3.05, 3.63) is 120 Å². The summed E-state index contributed by atoms with van der Waals surface area (Å²) in [6.07, 6.45) is 4.12. The average molecular weight is 488 g/mol. The van der Waals surface area contributed by atoms with Crippen LogP contribution in [-0.2, 0) is 13.1 Å². The van der Waals surface area contributed by atoms with Crippen LogP contribution in [0.1, 0.15) is 21.5 Å². The lowest BCUT2D eigenvalue weighted by molar-refractivity contribution is 0.0696. The van der Waals surface area contributed by atoms with E-state index in [1.807, 2.05) is 29.1 Å². The number of hydrogen-bond acceptors (Lipinski definition) is 3. The third-order valence-corrected chi connectivity index (χ3v) is 6.67. The fraction of sp³-hybridized carbons (Fsp3) is 0.0968. The molecule has 0 spiro atoms. The number of benzene rings is 4. The Balaban J connectivity index is 1.29. The van der Waals surface area contributed by atoms with E-state index in [0.717, 1.165) is 39.9 Å². The summed E-state index contributed by atoms with van der Waals surface area (Å²) in [5.74, 6) is -0.0688. The minimum Gasteiger partial charge on any atom is -0.497 e. The summed E-state index contributed by atoms with van der Waals surface area (Å²) in [6, 6.07) is 30.1. The number of methoxy groups -OCH3 is 1. The van der Waals surface area contributed by atoms with Crippen LogP contribution in [0.25, 0.3) is 32.9 Å². The standard InChI is InChI=1S/C31H25N3O3/c1-37-28-7-3-5-22(15-28)18-33-13-12-23-8-9-25(17-30(23)33)24-10-11-27-20-34(32-29(27)16-24)19-21-4-2-6-26(14-21)31(35)36/h2-17,20H,18-19H2,1H3,(H,35,36). The van der Waals surface area contributed by atoms with Crippen molar-refractivity contribution in [1.29, 1.82) is 0 Å². The third-order valence-electron chi connectivity index (χ3n) is 6.67. The second kappa shape index (κ2) is 9.32. The van der Waals surface area contributed by atoms with Gasteiger partial charge >= 0.3 is 5.97 Å². The van der Waals surface area contributed by atoms with E-state index in [1.165, 1.54) is 16.5 Å². The van der Waals surface area contributed by atoms with Crippen molar-refractivity contribution in [2.24, 2.45) is 0 Å². The Hall–Kier alpha value is -4.84. The Kier molecular flexibility index (Phi) is 5.69. The van der Waals surface area contributed by atoms with E-state index in [4.69, 9.17) is 9.84 Å². The number of rotatable bonds is 7. The van der Waals surface area contributed by atoms with E-state index in [2.05, 4.69) is 65.4 Å². The van der Waals surface area contributed by atoms with Crippen molar-refractivity contribution >= 4 is 27.8 Å². The van der Waals surface area contributed by atoms with E-state index in [0.29, 0.717) is 6.54 Å². The van der Waals surface area contributed by atoms with Crippen molar-refractivity contribution in [3.8, 4) is 16.9 Å². The van der Waals surface area contributed by atoms with Gasteiger partial charge < -0.3 is 14.4 Å². The molecule has 0 aliphatic rings. The first-order valence-electron chi connectivity index (χ1n) is 12.1. The van der Waals surface area contributed by atoms with Gasteiger partial charge in [-0.25, -0.2) is 4.79 Å². The summed E-state index contributed by atoms with van der Waals surface area (Å²) in [4.78, 5) is 11.3. The first kappa shape index (κ1) is 22.6. The van der Waals surface area contributed by atoms with Crippen LogP contribution in [0.4, 0.5) is 0 Å². The van der Waals surface area contributed by atoms with Crippen molar-refractivity contribution < 1.29 is 14.6 Å². The molecule has 0 radical (unpaired) electrons. The highest BCUT2D eigenvalue weighted by molar-refractivity contribution is 5.89. The Bertz CT molecular complexity index is 1760. The molecule has 0 saturated heterocycles. The number of aromatic nitrogens is 3. The topological polar surface area (TPSA) is 69.3 Å². The van der Waals surface area contributed by atoms with Gasteiger partial charge in [0.25, 0.3) is 0 Å². The third kappa shape index (κ3) is 4.57. The molecule has 6 nitrogen and oxygen atoms in total. The van der Waals surface area contributed by atoms with Crippen LogP contribution in [0, 0.1) is 0 Å². The monoisotopic (exact) mass is 487 g/mol. The van der Waals surface area contributed by atoms with Crippen LogP contribution in [-0.4, -0.2) is 32.5 Å². The number of carbonyl (C=O) groups is 1. The smallest absolute Gasteiger partial charge is 0.335 e. The molecule has 0 aliphatic heterocycles. The average Bonchev–Trinajstić information content (AvgIpc) is 3.51. The molecular formula is C31H25N3O3. The fourth-order valence-corrected chi connectivity index (χ4v) is 4.79. The maximum absolute atomic E-state index is 11.3. The Morgan fingerprint density at radius 3 is 2.41 bits per heavy atom. The van der Waals surface area contributed by atoms with E-state index >= 15 is 0 Å². The lowest BCUT2D eigenvalue weighted by Gasteiger charge is -2.09. The number of carboxylic acids is 1. The Labute approximate surface area is 214 Å². The zero-order valence-electron chi connectivity index (χ0n) is 20.3. The van der Waals surface area contributed by atoms with Crippen LogP contribution in [0.5, 0.6) is 5.75 Å². The molecule has 1 N–H and O–H groups in total. The highest BCUT2D eigenvalue weighted by atomic mass is 16.5. The highest BCUT2D eigenvalue weighted by Gasteiger charge is 2.09. The molecular weight excluding hydrogens is 462 g/mol. The maximum atomic E-state index is 11.3. The summed E-state index contributed by atoms with van der Waals surface area (Å²) in [5.41, 5.74) is 6.66. The van der Waals surface area contributed by atoms with Gasteiger partial charge in [0.05, 0.1) is 24.7 Å². The van der Waals surface area contributed by atoms with Gasteiger partial charge in [0, 0.05) is 29.8 Å². The lowest BCUT2D eigenvalue weighted by Crippen LogP contribution is -2.02. The number of carboxylic acid groups (broad SMARTS) is 1. The SMILES string of the molecule is COc1cccc(Cn2ccc3ccc(-c4ccc5cn(Cc6cccc(C(=O)O)c6)nc5c4)cc32)c1. The molecule has 37 heavy (non-hydrogen) atoms. The second-order valence-electron chi connectivity index (χ2n) is 9.17. The molecule has 0 unspecified atom stereocenters. The first-order valence-corrected chi connectivity index (χ1v) is 12.1. The summed E-state index contributed by atoms with van der Waals surface area (Å²) in [5, 5.41) is 16.3. The molecule has 0 aliphatic carbocycles. The van der Waals surface area contributed by atoms with Crippen molar-refractivity contribution in [2.45, 2.75) is 13.1 Å². The minimum absolute atomic E-state index is 0.281. The predicted molar refractivity (Wildman–Crippen MR) is 145 cm³/mol. The van der Waals surface area contributed by atoms with Crippen LogP contribution in [0.15, 0.2) is 103 Å². The van der Waals surface area contributed by atoms with Gasteiger partial charge in [0.15, 0.2) is 0 Å². The van der Waals surface area contributed by atoms with E-state index in [9.17, 15) is 9.90 Å². The van der Waals surface area contributed by atoms with Crippen molar-refractivity contribution in [3.63, 3.8) is 0 Å². The van der Waals surface area contributed by atoms with Gasteiger partial charge in [-0.3, -0.25) is 4.68 Å². The summed E-state index contributed by atoms with van der Waals surface area (Å²) in [7, 11) is 1.69. The van der Waals surface area contributed by atoms with Crippen molar-refractivity contribution in [1.82, 2.24) is 14.3 Å². The number of aromatic carboxylic acids is 1. The van der Waals surface area contributed by atoms with Crippen LogP contribution in [0.2, 0.25) is 0 Å². The lowest BCUT2D eigenvalue weighted by atomic mass is 10.0. The minimum atomic E-state index is -0.927. The molecule has 0 saturated carbocycles. The molecule has 2 heterocycles. The first-order chi connectivity index (χ1) is 18.1. The van der Waals surface area contributed by atoms with E-state index in [-0.39, 0.29) is 5.56 Å². The summed E-state index contributed by atoms with van der Waals surface area (Å²) >= 11 is 0. The van der Waals surface area contributed by atoms with Gasteiger partial charge in [-0.2, -0.15) is 5.10 Å². The zero-order chi connectivity index (χ0) is 25.4. The molecule has 6 aromatic rings. The molecule has 6 rings (SSSR count). The summed E-state index contributed by atoms with van der Waals surface area (Å²) < 4.78 is 9.50. The number of fused-ring (bicyclic) bond motifs is 2. The molecule has 4 aromatic carbocycles. The number of hydrogen-bond donors (Lipinski definition) is 1. The van der Waals surface area contributed by atoms with Gasteiger partial charge in [-0.15, -0.1) is 0 Å². The van der Waals surface area contributed by atoms with Gasteiger partial charge in [0.1, 0.15) is 5.75 Å². The molecule has 2 aromatic heterocycles. The van der Waals surface area contributed by atoms with Crippen LogP contribution in [0.3, 0.4) is 0 Å². The highest BCUT2D eigenvalue weighted by Crippen LogP contribution is 2.28. The molecule has 0 atom stereocenters. The normalized spacial score (nSPS) is 11.3. The molecule has 0 amide bonds. The van der Waals surface area contributed by atoms with Gasteiger partial charge in [0.2, 0.25) is 0 Å². The number of ether oxygens (including phenoxy) is 1. The number of nitrogens with zero attached hydrogens (tertiary/aromatic N) is 3. The predicted octanol–water partition coefficient (Wildman–Crippen LogP) is 6.46. The van der Waals surface area contributed by atoms with Crippen LogP contribution < -0.4 is 4.74 Å². The van der Waals surface area contributed by atoms with Crippen LogP contribution >= 0.6 is 0 Å².